The molecule has 2 heterocycles. The molecule has 1 aliphatic carbocycles. The van der Waals surface area contributed by atoms with Crippen molar-refractivity contribution in [3.05, 3.63) is 80.6 Å². The smallest absolute Gasteiger partial charge is 0.257 e. The molecule has 0 bridgehead atoms. The molecule has 5 nitrogen and oxygen atoms in total. The zero-order valence-electron chi connectivity index (χ0n) is 19.4. The summed E-state index contributed by atoms with van der Waals surface area (Å²) in [5.74, 6) is -0.139. The van der Waals surface area contributed by atoms with E-state index in [0.29, 0.717) is 27.7 Å². The van der Waals surface area contributed by atoms with Crippen molar-refractivity contribution in [3.63, 3.8) is 0 Å². The molecular weight excluding hydrogens is 522 g/mol. The first-order chi connectivity index (χ1) is 16.9. The van der Waals surface area contributed by atoms with Crippen molar-refractivity contribution in [3.8, 4) is 11.3 Å². The number of nitrogens with zero attached hydrogens (tertiary/aromatic N) is 1. The van der Waals surface area contributed by atoms with E-state index in [4.69, 9.17) is 10.7 Å². The molecule has 2 amide bonds. The van der Waals surface area contributed by atoms with Gasteiger partial charge in [-0.25, -0.2) is 4.98 Å². The summed E-state index contributed by atoms with van der Waals surface area (Å²) in [5.41, 5.74) is 10.1. The van der Waals surface area contributed by atoms with Crippen molar-refractivity contribution in [2.24, 2.45) is 11.7 Å². The van der Waals surface area contributed by atoms with E-state index in [9.17, 15) is 9.59 Å². The van der Waals surface area contributed by atoms with Gasteiger partial charge in [-0.2, -0.15) is 0 Å². The van der Waals surface area contributed by atoms with Gasteiger partial charge in [0.05, 0.1) is 22.3 Å². The summed E-state index contributed by atoms with van der Waals surface area (Å²) in [7, 11) is 0. The van der Waals surface area contributed by atoms with Crippen LogP contribution in [0.4, 0.5) is 5.00 Å². The summed E-state index contributed by atoms with van der Waals surface area (Å²) in [6.07, 6.45) is 5.14. The molecule has 2 aromatic heterocycles. The molecule has 0 spiro atoms. The SMILES string of the molecule is CCCC1CCc2c(sc(NC(=O)c3cc(-c4cccc(Br)c4)nc4ccccc34)c2C(N)=O)C1. The van der Waals surface area contributed by atoms with Gasteiger partial charge in [0, 0.05) is 20.3 Å². The van der Waals surface area contributed by atoms with Crippen LogP contribution >= 0.6 is 27.3 Å². The Hall–Kier alpha value is -3.03. The highest BCUT2D eigenvalue weighted by Crippen LogP contribution is 2.41. The first-order valence-corrected chi connectivity index (χ1v) is 13.5. The van der Waals surface area contributed by atoms with E-state index in [1.54, 1.807) is 0 Å². The van der Waals surface area contributed by atoms with Crippen LogP contribution in [0.15, 0.2) is 59.1 Å². The van der Waals surface area contributed by atoms with Crippen LogP contribution in [0.5, 0.6) is 0 Å². The summed E-state index contributed by atoms with van der Waals surface area (Å²) in [6.45, 7) is 2.20. The lowest BCUT2D eigenvalue weighted by Crippen LogP contribution is -2.20. The van der Waals surface area contributed by atoms with E-state index in [1.807, 2.05) is 54.6 Å². The van der Waals surface area contributed by atoms with Gasteiger partial charge in [-0.1, -0.05) is 66.0 Å². The van der Waals surface area contributed by atoms with Crippen LogP contribution in [0, 0.1) is 5.92 Å². The number of fused-ring (bicyclic) bond motifs is 2. The minimum atomic E-state index is -0.485. The van der Waals surface area contributed by atoms with Crippen molar-refractivity contribution >= 4 is 55.0 Å². The minimum Gasteiger partial charge on any atom is -0.365 e. The van der Waals surface area contributed by atoms with E-state index in [-0.39, 0.29) is 5.91 Å². The van der Waals surface area contributed by atoms with Gasteiger partial charge < -0.3 is 11.1 Å². The first kappa shape index (κ1) is 23.7. The van der Waals surface area contributed by atoms with Crippen molar-refractivity contribution in [2.45, 2.75) is 39.0 Å². The van der Waals surface area contributed by atoms with Crippen LogP contribution in [-0.2, 0) is 12.8 Å². The summed E-state index contributed by atoms with van der Waals surface area (Å²) in [6, 6.07) is 17.3. The molecule has 0 radical (unpaired) electrons. The molecule has 1 atom stereocenters. The third-order valence-corrected chi connectivity index (χ3v) is 8.28. The number of rotatable bonds is 6. The number of carbonyl (C=O) groups excluding carboxylic acids is 2. The maximum Gasteiger partial charge on any atom is 0.257 e. The fourth-order valence-electron chi connectivity index (χ4n) is 4.99. The van der Waals surface area contributed by atoms with Crippen LogP contribution in [0.3, 0.4) is 0 Å². The number of para-hydroxylation sites is 1. The van der Waals surface area contributed by atoms with Crippen LogP contribution in [0.25, 0.3) is 22.2 Å². The molecule has 4 aromatic rings. The number of benzene rings is 2. The topological polar surface area (TPSA) is 85.1 Å². The monoisotopic (exact) mass is 547 g/mol. The predicted molar refractivity (Wildman–Crippen MR) is 146 cm³/mol. The van der Waals surface area contributed by atoms with Crippen LogP contribution < -0.4 is 11.1 Å². The molecule has 0 saturated heterocycles. The van der Waals surface area contributed by atoms with Gasteiger partial charge in [0.15, 0.2) is 0 Å². The number of thiophene rings is 1. The van der Waals surface area contributed by atoms with Crippen molar-refractivity contribution in [1.29, 1.82) is 0 Å². The van der Waals surface area contributed by atoms with Crippen molar-refractivity contribution < 1.29 is 9.59 Å². The third-order valence-electron chi connectivity index (χ3n) is 6.62. The number of hydrogen-bond acceptors (Lipinski definition) is 4. The molecule has 3 N–H and O–H groups in total. The van der Waals surface area contributed by atoms with Gasteiger partial charge >= 0.3 is 0 Å². The number of pyridine rings is 1. The van der Waals surface area contributed by atoms with Gasteiger partial charge in [-0.05, 0) is 55.0 Å². The fourth-order valence-corrected chi connectivity index (χ4v) is 6.75. The number of hydrogen-bond donors (Lipinski definition) is 2. The number of amides is 2. The Balaban J connectivity index is 1.55. The fraction of sp³-hybridized carbons (Fsp3) is 0.250. The summed E-state index contributed by atoms with van der Waals surface area (Å²) < 4.78 is 0.938. The van der Waals surface area contributed by atoms with Gasteiger partial charge in [-0.15, -0.1) is 11.3 Å². The van der Waals surface area contributed by atoms with E-state index >= 15 is 0 Å². The Morgan fingerprint density at radius 2 is 2.00 bits per heavy atom. The van der Waals surface area contributed by atoms with Crippen molar-refractivity contribution in [1.82, 2.24) is 4.98 Å². The van der Waals surface area contributed by atoms with Gasteiger partial charge in [0.2, 0.25) is 0 Å². The molecule has 1 unspecified atom stereocenters. The van der Waals surface area contributed by atoms with Gasteiger partial charge in [0.25, 0.3) is 11.8 Å². The van der Waals surface area contributed by atoms with Crippen LogP contribution in [0.2, 0.25) is 0 Å². The molecular formula is C28H26BrN3O2S. The van der Waals surface area contributed by atoms with Crippen molar-refractivity contribution in [2.75, 3.05) is 5.32 Å². The Bertz CT molecular complexity index is 1450. The van der Waals surface area contributed by atoms with E-state index in [1.165, 1.54) is 22.6 Å². The summed E-state index contributed by atoms with van der Waals surface area (Å²) >= 11 is 5.01. The highest BCUT2D eigenvalue weighted by molar-refractivity contribution is 9.10. The zero-order chi connectivity index (χ0) is 24.5. The van der Waals surface area contributed by atoms with E-state index < -0.39 is 5.91 Å². The molecule has 0 fully saturated rings. The maximum atomic E-state index is 13.6. The highest BCUT2D eigenvalue weighted by atomic mass is 79.9. The molecule has 5 rings (SSSR count). The normalized spacial score (nSPS) is 15.1. The van der Waals surface area contributed by atoms with E-state index in [2.05, 4.69) is 28.2 Å². The quantitative estimate of drug-likeness (QED) is 0.273. The predicted octanol–water partition coefficient (Wildman–Crippen LogP) is 6.98. The summed E-state index contributed by atoms with van der Waals surface area (Å²) in [4.78, 5) is 32.0. The second-order valence-corrected chi connectivity index (χ2v) is 11.0. The first-order valence-electron chi connectivity index (χ1n) is 11.9. The zero-order valence-corrected chi connectivity index (χ0v) is 21.8. The Kier molecular flexibility index (Phi) is 6.71. The lowest BCUT2D eigenvalue weighted by molar-refractivity contribution is 0.1000. The largest absolute Gasteiger partial charge is 0.365 e. The second-order valence-electron chi connectivity index (χ2n) is 9.01. The number of carbonyl (C=O) groups is 2. The number of nitrogens with one attached hydrogen (secondary N) is 1. The number of nitrogens with two attached hydrogens (primary N) is 1. The average molecular weight is 549 g/mol. The average Bonchev–Trinajstić information content (AvgIpc) is 3.20. The van der Waals surface area contributed by atoms with Crippen LogP contribution in [0.1, 0.15) is 57.3 Å². The third kappa shape index (κ3) is 4.75. The lowest BCUT2D eigenvalue weighted by atomic mass is 9.84. The second kappa shape index (κ2) is 9.91. The van der Waals surface area contributed by atoms with Gasteiger partial charge in [-0.3, -0.25) is 9.59 Å². The van der Waals surface area contributed by atoms with Gasteiger partial charge in [0.1, 0.15) is 5.00 Å². The number of aromatic nitrogens is 1. The molecule has 178 valence electrons. The summed E-state index contributed by atoms with van der Waals surface area (Å²) in [5, 5.41) is 4.34. The standard InChI is InChI=1S/C28H26BrN3O2S/c1-2-6-16-11-12-20-24(13-16)35-28(25(20)26(30)33)32-27(34)21-15-23(17-7-5-8-18(29)14-17)31-22-10-4-3-9-19(21)22/h3-5,7-10,14-16H,2,6,11-13H2,1H3,(H2,30,33)(H,32,34). The number of halogens is 1. The van der Waals surface area contributed by atoms with E-state index in [0.717, 1.165) is 52.2 Å². The number of primary amides is 1. The maximum absolute atomic E-state index is 13.6. The Morgan fingerprint density at radius 3 is 2.77 bits per heavy atom. The molecule has 0 saturated carbocycles. The molecule has 7 heteroatoms. The highest BCUT2D eigenvalue weighted by Gasteiger charge is 2.29. The Labute approximate surface area is 216 Å². The minimum absolute atomic E-state index is 0.272. The number of anilines is 1. The van der Waals surface area contributed by atoms with Crippen LogP contribution in [-0.4, -0.2) is 16.8 Å². The Morgan fingerprint density at radius 1 is 1.17 bits per heavy atom. The molecule has 1 aliphatic rings. The molecule has 0 aliphatic heterocycles. The molecule has 2 aromatic carbocycles. The lowest BCUT2D eigenvalue weighted by Gasteiger charge is -2.21. The molecule has 35 heavy (non-hydrogen) atoms.